The molecule has 13 heavy (non-hydrogen) atoms. The summed E-state index contributed by atoms with van der Waals surface area (Å²) >= 11 is 8.29. The molecule has 2 heterocycles. The van der Waals surface area contributed by atoms with Gasteiger partial charge in [0.15, 0.2) is 11.6 Å². The molecular formula is C8H5BrN2OS. The normalized spacial score (nSPS) is 10.2. The summed E-state index contributed by atoms with van der Waals surface area (Å²) in [4.78, 5) is 7.06. The lowest BCUT2D eigenvalue weighted by molar-refractivity contribution is 0.577. The van der Waals surface area contributed by atoms with Gasteiger partial charge in [-0.05, 0) is 28.1 Å². The average Bonchev–Trinajstić information content (AvgIpc) is 2.62. The zero-order valence-electron chi connectivity index (χ0n) is 6.45. The summed E-state index contributed by atoms with van der Waals surface area (Å²) in [6, 6.07) is 3.62. The second-order valence-electron chi connectivity index (χ2n) is 2.39. The number of aromatic nitrogens is 2. The number of rotatable bonds is 1. The van der Waals surface area contributed by atoms with E-state index < -0.39 is 0 Å². The summed E-state index contributed by atoms with van der Waals surface area (Å²) in [6.07, 6.45) is 3.24. The first-order chi connectivity index (χ1) is 6.27. The third kappa shape index (κ3) is 1.71. The predicted octanol–water partition coefficient (Wildman–Crippen LogP) is 3.16. The molecule has 0 atom stereocenters. The lowest BCUT2D eigenvalue weighted by Gasteiger charge is -1.96. The van der Waals surface area contributed by atoms with Crippen LogP contribution >= 0.6 is 28.1 Å². The molecule has 2 aromatic heterocycles. The van der Waals surface area contributed by atoms with Crippen molar-refractivity contribution in [3.05, 3.63) is 33.7 Å². The molecule has 0 aliphatic rings. The number of halogens is 1. The van der Waals surface area contributed by atoms with Crippen LogP contribution in [0.4, 0.5) is 0 Å². The number of furan rings is 1. The third-order valence-electron chi connectivity index (χ3n) is 1.51. The van der Waals surface area contributed by atoms with E-state index in [1.54, 1.807) is 18.5 Å². The van der Waals surface area contributed by atoms with Crippen molar-refractivity contribution in [1.29, 1.82) is 0 Å². The van der Waals surface area contributed by atoms with E-state index in [-0.39, 0.29) is 0 Å². The van der Waals surface area contributed by atoms with E-state index >= 15 is 0 Å². The van der Waals surface area contributed by atoms with Crippen molar-refractivity contribution in [3.63, 3.8) is 0 Å². The minimum absolute atomic E-state index is 0.612. The maximum Gasteiger partial charge on any atom is 0.174 e. The van der Waals surface area contributed by atoms with Gasteiger partial charge >= 0.3 is 0 Å². The molecule has 0 bridgehead atoms. The fourth-order valence-electron chi connectivity index (χ4n) is 0.918. The Kier molecular flexibility index (Phi) is 2.28. The van der Waals surface area contributed by atoms with E-state index in [9.17, 15) is 0 Å². The lowest BCUT2D eigenvalue weighted by Crippen LogP contribution is -1.87. The number of H-pyrrole nitrogens is 1. The molecule has 0 radical (unpaired) electrons. The van der Waals surface area contributed by atoms with Gasteiger partial charge in [-0.2, -0.15) is 0 Å². The molecule has 0 saturated heterocycles. The van der Waals surface area contributed by atoms with E-state index in [0.29, 0.717) is 16.2 Å². The summed E-state index contributed by atoms with van der Waals surface area (Å²) < 4.78 is 6.55. The van der Waals surface area contributed by atoms with Crippen LogP contribution in [-0.2, 0) is 0 Å². The Morgan fingerprint density at radius 1 is 1.54 bits per heavy atom. The second kappa shape index (κ2) is 3.43. The van der Waals surface area contributed by atoms with Crippen LogP contribution in [0.3, 0.4) is 0 Å². The molecule has 0 amide bonds. The highest BCUT2D eigenvalue weighted by Gasteiger charge is 2.02. The zero-order chi connectivity index (χ0) is 9.26. The molecular weight excluding hydrogens is 252 g/mol. The summed E-state index contributed by atoms with van der Waals surface area (Å²) in [5.41, 5.74) is 0. The number of nitrogens with one attached hydrogen (secondary N) is 1. The van der Waals surface area contributed by atoms with E-state index in [1.807, 2.05) is 6.07 Å². The van der Waals surface area contributed by atoms with Crippen molar-refractivity contribution >= 4 is 28.1 Å². The Balaban J connectivity index is 2.55. The molecule has 0 spiro atoms. The Morgan fingerprint density at radius 3 is 3.00 bits per heavy atom. The molecule has 0 aromatic carbocycles. The van der Waals surface area contributed by atoms with Crippen LogP contribution in [0.1, 0.15) is 0 Å². The SMILES string of the molecule is S=c1[nH]c(-c2ccco2)ncc1Br. The van der Waals surface area contributed by atoms with Crippen LogP contribution in [0, 0.1) is 4.64 Å². The van der Waals surface area contributed by atoms with Gasteiger partial charge in [0.05, 0.1) is 10.7 Å². The van der Waals surface area contributed by atoms with Gasteiger partial charge in [-0.3, -0.25) is 0 Å². The van der Waals surface area contributed by atoms with Crippen LogP contribution in [0.2, 0.25) is 0 Å². The largest absolute Gasteiger partial charge is 0.461 e. The van der Waals surface area contributed by atoms with Crippen LogP contribution < -0.4 is 0 Å². The number of hydrogen-bond acceptors (Lipinski definition) is 3. The van der Waals surface area contributed by atoms with E-state index in [0.717, 1.165) is 4.47 Å². The van der Waals surface area contributed by atoms with Crippen molar-refractivity contribution in [3.8, 4) is 11.6 Å². The lowest BCUT2D eigenvalue weighted by atomic mass is 10.4. The van der Waals surface area contributed by atoms with Crippen molar-refractivity contribution in [1.82, 2.24) is 9.97 Å². The fourth-order valence-corrected chi connectivity index (χ4v) is 1.27. The van der Waals surface area contributed by atoms with Crippen LogP contribution in [0.25, 0.3) is 11.6 Å². The first-order valence-electron chi connectivity index (χ1n) is 3.56. The Hall–Kier alpha value is -0.940. The molecule has 1 N–H and O–H groups in total. The Labute approximate surface area is 87.9 Å². The molecule has 0 saturated carbocycles. The van der Waals surface area contributed by atoms with Gasteiger partial charge < -0.3 is 9.40 Å². The van der Waals surface area contributed by atoms with Gasteiger partial charge in [0, 0.05) is 6.20 Å². The number of aromatic amines is 1. The number of nitrogens with zero attached hydrogens (tertiary/aromatic N) is 1. The standard InChI is InChI=1S/C8H5BrN2OS/c9-5-4-10-7(11-8(5)13)6-2-1-3-12-6/h1-4H,(H,10,11,13). The van der Waals surface area contributed by atoms with Gasteiger partial charge in [0.1, 0.15) is 4.64 Å². The quantitative estimate of drug-likeness (QED) is 0.798. The van der Waals surface area contributed by atoms with Crippen molar-refractivity contribution in [2.24, 2.45) is 0 Å². The van der Waals surface area contributed by atoms with E-state index in [1.165, 1.54) is 0 Å². The van der Waals surface area contributed by atoms with E-state index in [4.69, 9.17) is 16.6 Å². The minimum Gasteiger partial charge on any atom is -0.461 e. The topological polar surface area (TPSA) is 41.8 Å². The fraction of sp³-hybridized carbons (Fsp3) is 0. The van der Waals surface area contributed by atoms with Gasteiger partial charge in [-0.15, -0.1) is 0 Å². The molecule has 2 rings (SSSR count). The van der Waals surface area contributed by atoms with Gasteiger partial charge in [0.2, 0.25) is 0 Å². The summed E-state index contributed by atoms with van der Waals surface area (Å²) in [7, 11) is 0. The van der Waals surface area contributed by atoms with E-state index in [2.05, 4.69) is 25.9 Å². The van der Waals surface area contributed by atoms with Crippen molar-refractivity contribution in [2.75, 3.05) is 0 Å². The van der Waals surface area contributed by atoms with Crippen LogP contribution in [0.15, 0.2) is 33.5 Å². The molecule has 66 valence electrons. The smallest absolute Gasteiger partial charge is 0.174 e. The molecule has 2 aromatic rings. The average molecular weight is 257 g/mol. The Morgan fingerprint density at radius 2 is 2.38 bits per heavy atom. The minimum atomic E-state index is 0.612. The molecule has 0 fully saturated rings. The first kappa shape index (κ1) is 8.65. The number of hydrogen-bond donors (Lipinski definition) is 1. The summed E-state index contributed by atoms with van der Waals surface area (Å²) in [5, 5.41) is 0. The zero-order valence-corrected chi connectivity index (χ0v) is 8.85. The van der Waals surface area contributed by atoms with Gasteiger partial charge in [-0.1, -0.05) is 12.2 Å². The van der Waals surface area contributed by atoms with Gasteiger partial charge in [-0.25, -0.2) is 4.98 Å². The summed E-state index contributed by atoms with van der Waals surface area (Å²) in [6.45, 7) is 0. The molecule has 0 unspecified atom stereocenters. The van der Waals surface area contributed by atoms with Gasteiger partial charge in [0.25, 0.3) is 0 Å². The molecule has 3 nitrogen and oxygen atoms in total. The maximum atomic E-state index is 5.16. The third-order valence-corrected chi connectivity index (χ3v) is 2.70. The van der Waals surface area contributed by atoms with Crippen molar-refractivity contribution in [2.45, 2.75) is 0 Å². The van der Waals surface area contributed by atoms with Crippen molar-refractivity contribution < 1.29 is 4.42 Å². The summed E-state index contributed by atoms with van der Waals surface area (Å²) in [5.74, 6) is 1.32. The first-order valence-corrected chi connectivity index (χ1v) is 4.76. The highest BCUT2D eigenvalue weighted by atomic mass is 79.9. The second-order valence-corrected chi connectivity index (χ2v) is 3.65. The highest BCUT2D eigenvalue weighted by molar-refractivity contribution is 9.10. The predicted molar refractivity (Wildman–Crippen MR) is 54.8 cm³/mol. The highest BCUT2D eigenvalue weighted by Crippen LogP contribution is 2.16. The maximum absolute atomic E-state index is 5.16. The Bertz CT molecular complexity index is 463. The molecule has 5 heteroatoms. The van der Waals surface area contributed by atoms with Crippen LogP contribution in [0.5, 0.6) is 0 Å². The molecule has 0 aliphatic carbocycles. The monoisotopic (exact) mass is 256 g/mol. The molecule has 0 aliphatic heterocycles. The van der Waals surface area contributed by atoms with Crippen LogP contribution in [-0.4, -0.2) is 9.97 Å².